The predicted molar refractivity (Wildman–Crippen MR) is 66.8 cm³/mol. The van der Waals surface area contributed by atoms with Crippen LogP contribution in [0.3, 0.4) is 0 Å². The molecule has 2 fully saturated rings. The second-order valence-corrected chi connectivity index (χ2v) is 5.31. The van der Waals surface area contributed by atoms with Crippen LogP contribution in [0.4, 0.5) is 0 Å². The van der Waals surface area contributed by atoms with Crippen molar-refractivity contribution in [3.63, 3.8) is 0 Å². The minimum absolute atomic E-state index is 0.142. The summed E-state index contributed by atoms with van der Waals surface area (Å²) < 4.78 is 5.72. The molecule has 4 heteroatoms. The maximum Gasteiger partial charge on any atom is 0.248 e. The molecule has 17 heavy (non-hydrogen) atoms. The number of carbonyl (C=O) groups excluding carboxylic acids is 1. The molecule has 2 aliphatic carbocycles. The molecule has 0 radical (unpaired) electrons. The minimum Gasteiger partial charge on any atom is -0.368 e. The Hall–Kier alpha value is -0.610. The van der Waals surface area contributed by atoms with E-state index in [1.807, 2.05) is 19.0 Å². The number of likely N-dealkylation sites (N-methyl/N-ethyl adjacent to an activating group) is 1. The first-order valence-electron chi connectivity index (χ1n) is 6.75. The second kappa shape index (κ2) is 5.83. The monoisotopic (exact) mass is 240 g/mol. The average molecular weight is 240 g/mol. The number of hydrogen-bond donors (Lipinski definition) is 1. The number of nitrogens with zero attached hydrogens (tertiary/aromatic N) is 1. The Morgan fingerprint density at radius 1 is 1.24 bits per heavy atom. The van der Waals surface area contributed by atoms with E-state index in [0.717, 1.165) is 38.5 Å². The number of ether oxygens (including phenoxy) is 1. The first-order chi connectivity index (χ1) is 8.20. The normalized spacial score (nSPS) is 29.1. The number of hydrogen-bond acceptors (Lipinski definition) is 3. The number of nitrogens with one attached hydrogen (secondary N) is 1. The van der Waals surface area contributed by atoms with Crippen molar-refractivity contribution in [1.82, 2.24) is 10.2 Å². The Balaban J connectivity index is 1.63. The average Bonchev–Trinajstić information content (AvgIpc) is 3.20. The Bertz CT molecular complexity index is 258. The van der Waals surface area contributed by atoms with Gasteiger partial charge in [-0.3, -0.25) is 4.79 Å². The maximum atomic E-state index is 11.8. The van der Waals surface area contributed by atoms with Crippen LogP contribution in [-0.2, 0) is 9.53 Å². The molecule has 0 bridgehead atoms. The third-order valence-electron chi connectivity index (χ3n) is 4.01. The van der Waals surface area contributed by atoms with Gasteiger partial charge in [0.25, 0.3) is 0 Å². The van der Waals surface area contributed by atoms with Crippen LogP contribution in [0.2, 0.25) is 0 Å². The number of amides is 1. The highest BCUT2D eigenvalue weighted by molar-refractivity contribution is 5.77. The molecule has 0 saturated heterocycles. The molecule has 0 aromatic rings. The zero-order valence-electron chi connectivity index (χ0n) is 10.9. The van der Waals surface area contributed by atoms with Gasteiger partial charge < -0.3 is 15.0 Å². The zero-order chi connectivity index (χ0) is 12.3. The zero-order valence-corrected chi connectivity index (χ0v) is 10.9. The first kappa shape index (κ1) is 12.8. The quantitative estimate of drug-likeness (QED) is 0.784. The van der Waals surface area contributed by atoms with Crippen molar-refractivity contribution in [2.75, 3.05) is 20.7 Å². The first-order valence-corrected chi connectivity index (χ1v) is 6.75. The summed E-state index contributed by atoms with van der Waals surface area (Å²) in [6.45, 7) is 0.266. The molecule has 0 aliphatic heterocycles. The van der Waals surface area contributed by atoms with E-state index in [1.165, 1.54) is 0 Å². The molecule has 2 saturated carbocycles. The fourth-order valence-corrected chi connectivity index (χ4v) is 2.47. The van der Waals surface area contributed by atoms with Gasteiger partial charge in [-0.2, -0.15) is 0 Å². The molecule has 98 valence electrons. The van der Waals surface area contributed by atoms with E-state index in [9.17, 15) is 4.79 Å². The summed E-state index contributed by atoms with van der Waals surface area (Å²) in [5.74, 6) is 0.142. The van der Waals surface area contributed by atoms with E-state index < -0.39 is 0 Å². The van der Waals surface area contributed by atoms with Crippen LogP contribution in [0.15, 0.2) is 0 Å². The molecule has 0 heterocycles. The van der Waals surface area contributed by atoms with Gasteiger partial charge in [-0.15, -0.1) is 0 Å². The standard InChI is InChI=1S/C13H24N2O2/c1-14-10-3-7-12(8-4-10)17-9-13(16)15(2)11-5-6-11/h10-12,14H,3-9H2,1-2H3. The largest absolute Gasteiger partial charge is 0.368 e. The summed E-state index contributed by atoms with van der Waals surface area (Å²) in [6.07, 6.45) is 7.08. The van der Waals surface area contributed by atoms with Crippen molar-refractivity contribution >= 4 is 5.91 Å². The van der Waals surface area contributed by atoms with Crippen molar-refractivity contribution in [3.05, 3.63) is 0 Å². The molecule has 4 nitrogen and oxygen atoms in total. The van der Waals surface area contributed by atoms with Crippen molar-refractivity contribution in [2.24, 2.45) is 0 Å². The van der Waals surface area contributed by atoms with E-state index >= 15 is 0 Å². The molecule has 2 aliphatic rings. The Kier molecular flexibility index (Phi) is 4.40. The van der Waals surface area contributed by atoms with E-state index in [-0.39, 0.29) is 18.6 Å². The summed E-state index contributed by atoms with van der Waals surface area (Å²) >= 11 is 0. The Morgan fingerprint density at radius 2 is 1.88 bits per heavy atom. The van der Waals surface area contributed by atoms with E-state index in [4.69, 9.17) is 4.74 Å². The third-order valence-corrected chi connectivity index (χ3v) is 4.01. The SMILES string of the molecule is CNC1CCC(OCC(=O)N(C)C2CC2)CC1. The molecule has 1 amide bonds. The fraction of sp³-hybridized carbons (Fsp3) is 0.923. The van der Waals surface area contributed by atoms with Gasteiger partial charge in [0.15, 0.2) is 0 Å². The molecular weight excluding hydrogens is 216 g/mol. The summed E-state index contributed by atoms with van der Waals surface area (Å²) in [4.78, 5) is 13.6. The van der Waals surface area contributed by atoms with Crippen LogP contribution in [0.1, 0.15) is 38.5 Å². The third kappa shape index (κ3) is 3.68. The van der Waals surface area contributed by atoms with E-state index in [2.05, 4.69) is 5.32 Å². The van der Waals surface area contributed by atoms with Gasteiger partial charge in [0.2, 0.25) is 5.91 Å². The lowest BCUT2D eigenvalue weighted by Gasteiger charge is -2.28. The highest BCUT2D eigenvalue weighted by atomic mass is 16.5. The van der Waals surface area contributed by atoms with E-state index in [0.29, 0.717) is 12.1 Å². The second-order valence-electron chi connectivity index (χ2n) is 5.31. The van der Waals surface area contributed by atoms with Crippen molar-refractivity contribution in [3.8, 4) is 0 Å². The minimum atomic E-state index is 0.142. The highest BCUT2D eigenvalue weighted by Gasteiger charge is 2.30. The summed E-state index contributed by atoms with van der Waals surface area (Å²) in [5.41, 5.74) is 0. The molecular formula is C13H24N2O2. The fourth-order valence-electron chi connectivity index (χ4n) is 2.47. The molecule has 0 aromatic carbocycles. The molecule has 2 rings (SSSR count). The van der Waals surface area contributed by atoms with Gasteiger partial charge >= 0.3 is 0 Å². The smallest absolute Gasteiger partial charge is 0.248 e. The van der Waals surface area contributed by atoms with Crippen LogP contribution >= 0.6 is 0 Å². The van der Waals surface area contributed by atoms with Crippen molar-refractivity contribution in [1.29, 1.82) is 0 Å². The molecule has 0 spiro atoms. The number of carbonyl (C=O) groups is 1. The van der Waals surface area contributed by atoms with Crippen LogP contribution in [0.25, 0.3) is 0 Å². The van der Waals surface area contributed by atoms with Gasteiger partial charge in [0, 0.05) is 19.1 Å². The topological polar surface area (TPSA) is 41.6 Å². The number of rotatable bonds is 5. The predicted octanol–water partition coefficient (Wildman–Crippen LogP) is 1.15. The molecule has 0 unspecified atom stereocenters. The van der Waals surface area contributed by atoms with Crippen LogP contribution in [0.5, 0.6) is 0 Å². The van der Waals surface area contributed by atoms with Gasteiger partial charge in [-0.05, 0) is 45.6 Å². The van der Waals surface area contributed by atoms with Gasteiger partial charge in [-0.25, -0.2) is 0 Å². The molecule has 0 atom stereocenters. The summed E-state index contributed by atoms with van der Waals surface area (Å²) in [7, 11) is 3.90. The van der Waals surface area contributed by atoms with E-state index in [1.54, 1.807) is 0 Å². The van der Waals surface area contributed by atoms with Crippen molar-refractivity contribution < 1.29 is 9.53 Å². The summed E-state index contributed by atoms with van der Waals surface area (Å²) in [6, 6.07) is 1.13. The van der Waals surface area contributed by atoms with Crippen molar-refractivity contribution in [2.45, 2.75) is 56.7 Å². The van der Waals surface area contributed by atoms with Gasteiger partial charge in [0.05, 0.1) is 6.10 Å². The Labute approximate surface area is 104 Å². The Morgan fingerprint density at radius 3 is 2.41 bits per heavy atom. The van der Waals surface area contributed by atoms with Gasteiger partial charge in [0.1, 0.15) is 6.61 Å². The highest BCUT2D eigenvalue weighted by Crippen LogP contribution is 2.26. The van der Waals surface area contributed by atoms with Crippen LogP contribution in [0, 0.1) is 0 Å². The molecule has 0 aromatic heterocycles. The lowest BCUT2D eigenvalue weighted by atomic mass is 9.93. The lowest BCUT2D eigenvalue weighted by Crippen LogP contribution is -2.36. The van der Waals surface area contributed by atoms with Gasteiger partial charge in [-0.1, -0.05) is 0 Å². The van der Waals surface area contributed by atoms with Crippen LogP contribution in [-0.4, -0.2) is 49.7 Å². The van der Waals surface area contributed by atoms with Crippen LogP contribution < -0.4 is 5.32 Å². The summed E-state index contributed by atoms with van der Waals surface area (Å²) in [5, 5.41) is 3.30. The molecule has 1 N–H and O–H groups in total. The lowest BCUT2D eigenvalue weighted by molar-refractivity contribution is -0.138. The maximum absolute atomic E-state index is 11.8.